The highest BCUT2D eigenvalue weighted by atomic mass is 35.5. The van der Waals surface area contributed by atoms with Crippen LogP contribution in [0.3, 0.4) is 0 Å². The molecule has 0 aliphatic rings. The average molecular weight is 187 g/mol. The highest BCUT2D eigenvalue weighted by Gasteiger charge is 2.04. The van der Waals surface area contributed by atoms with Crippen LogP contribution in [0.15, 0.2) is 6.33 Å². The maximum atomic E-state index is 5.68. The van der Waals surface area contributed by atoms with E-state index >= 15 is 0 Å². The van der Waals surface area contributed by atoms with Gasteiger partial charge in [-0.25, -0.2) is 4.98 Å². The number of aromatic nitrogens is 4. The molecule has 0 aliphatic carbocycles. The molecule has 2 rings (SSSR count). The standard InChI is InChI=1S/C5H5ClN4.C2H6/c1-3-8-9-5-4(6)7-2-10(3)5;1-2/h2,9H,1H3;1-2H3. The summed E-state index contributed by atoms with van der Waals surface area (Å²) in [6.07, 6.45) is 1.64. The van der Waals surface area contributed by atoms with Crippen molar-refractivity contribution in [1.82, 2.24) is 19.6 Å². The summed E-state index contributed by atoms with van der Waals surface area (Å²) in [6, 6.07) is 0. The third kappa shape index (κ3) is 1.30. The van der Waals surface area contributed by atoms with Crippen molar-refractivity contribution in [2.75, 3.05) is 0 Å². The number of hydrogen-bond acceptors (Lipinski definition) is 2. The maximum absolute atomic E-state index is 5.68. The van der Waals surface area contributed by atoms with Crippen molar-refractivity contribution in [2.24, 2.45) is 0 Å². The van der Waals surface area contributed by atoms with Gasteiger partial charge in [0, 0.05) is 0 Å². The molecule has 0 spiro atoms. The van der Waals surface area contributed by atoms with Crippen LogP contribution in [0.1, 0.15) is 19.7 Å². The van der Waals surface area contributed by atoms with Crippen LogP contribution < -0.4 is 0 Å². The maximum Gasteiger partial charge on any atom is 0.173 e. The Kier molecular flexibility index (Phi) is 2.70. The van der Waals surface area contributed by atoms with Gasteiger partial charge >= 0.3 is 0 Å². The van der Waals surface area contributed by atoms with E-state index in [-0.39, 0.29) is 0 Å². The Hall–Kier alpha value is -1.03. The number of rotatable bonds is 0. The molecular weight excluding hydrogens is 176 g/mol. The molecule has 0 saturated carbocycles. The third-order valence-corrected chi connectivity index (χ3v) is 1.67. The van der Waals surface area contributed by atoms with E-state index in [0.717, 1.165) is 11.5 Å². The van der Waals surface area contributed by atoms with Crippen LogP contribution >= 0.6 is 11.6 Å². The van der Waals surface area contributed by atoms with Gasteiger partial charge in [-0.2, -0.15) is 5.10 Å². The first kappa shape index (κ1) is 9.06. The molecule has 0 aliphatic heterocycles. The zero-order valence-electron chi connectivity index (χ0n) is 7.30. The molecule has 66 valence electrons. The molecule has 0 amide bonds. The predicted octanol–water partition coefficient (Wildman–Crippen LogP) is 2.05. The molecule has 0 radical (unpaired) electrons. The topological polar surface area (TPSA) is 46.0 Å². The molecule has 0 saturated heterocycles. The lowest BCUT2D eigenvalue weighted by atomic mass is 10.7. The van der Waals surface area contributed by atoms with Gasteiger partial charge in [-0.05, 0) is 6.92 Å². The van der Waals surface area contributed by atoms with Crippen LogP contribution in [0.25, 0.3) is 5.65 Å². The Morgan fingerprint density at radius 2 is 2.17 bits per heavy atom. The van der Waals surface area contributed by atoms with E-state index in [9.17, 15) is 0 Å². The SMILES string of the molecule is CC.Cc1n[nH]c2c(Cl)ncn12. The molecule has 2 aromatic heterocycles. The van der Waals surface area contributed by atoms with Gasteiger partial charge in [-0.1, -0.05) is 25.4 Å². The zero-order valence-corrected chi connectivity index (χ0v) is 8.05. The molecule has 12 heavy (non-hydrogen) atoms. The van der Waals surface area contributed by atoms with Crippen molar-refractivity contribution in [2.45, 2.75) is 20.8 Å². The van der Waals surface area contributed by atoms with Crippen LogP contribution in [0.4, 0.5) is 0 Å². The van der Waals surface area contributed by atoms with Crippen molar-refractivity contribution in [3.05, 3.63) is 17.3 Å². The van der Waals surface area contributed by atoms with Gasteiger partial charge in [0.15, 0.2) is 10.8 Å². The number of fused-ring (bicyclic) bond motifs is 1. The van der Waals surface area contributed by atoms with E-state index in [2.05, 4.69) is 15.2 Å². The molecule has 1 N–H and O–H groups in total. The minimum absolute atomic E-state index is 0.459. The van der Waals surface area contributed by atoms with Crippen LogP contribution in [0, 0.1) is 6.92 Å². The van der Waals surface area contributed by atoms with Gasteiger partial charge in [0.2, 0.25) is 0 Å². The predicted molar refractivity (Wildman–Crippen MR) is 48.4 cm³/mol. The summed E-state index contributed by atoms with van der Waals surface area (Å²) in [5.74, 6) is 0.856. The normalized spacial score (nSPS) is 9.67. The molecule has 2 heterocycles. The summed E-state index contributed by atoms with van der Waals surface area (Å²) >= 11 is 5.68. The second-order valence-electron chi connectivity index (χ2n) is 2.02. The Labute approximate surface area is 75.6 Å². The second kappa shape index (κ2) is 3.58. The minimum atomic E-state index is 0.459. The number of hydrogen-bond donors (Lipinski definition) is 1. The lowest BCUT2D eigenvalue weighted by Crippen LogP contribution is -1.80. The summed E-state index contributed by atoms with van der Waals surface area (Å²) < 4.78 is 1.79. The van der Waals surface area contributed by atoms with E-state index < -0.39 is 0 Å². The number of halogens is 1. The fourth-order valence-corrected chi connectivity index (χ4v) is 1.04. The highest BCUT2D eigenvalue weighted by Crippen LogP contribution is 2.12. The Morgan fingerprint density at radius 1 is 1.50 bits per heavy atom. The first-order valence-corrected chi connectivity index (χ1v) is 4.20. The molecular formula is C7H11ClN4. The number of nitrogens with one attached hydrogen (secondary N) is 1. The van der Waals surface area contributed by atoms with Crippen molar-refractivity contribution in [3.63, 3.8) is 0 Å². The number of aryl methyl sites for hydroxylation is 1. The fraction of sp³-hybridized carbons (Fsp3) is 0.429. The van der Waals surface area contributed by atoms with E-state index in [1.807, 2.05) is 20.8 Å². The smallest absolute Gasteiger partial charge is 0.173 e. The van der Waals surface area contributed by atoms with Gasteiger partial charge in [-0.15, -0.1) is 0 Å². The molecule has 4 nitrogen and oxygen atoms in total. The first-order chi connectivity index (χ1) is 5.79. The van der Waals surface area contributed by atoms with Gasteiger partial charge in [0.25, 0.3) is 0 Å². The molecule has 0 unspecified atom stereocenters. The Bertz CT molecular complexity index is 326. The van der Waals surface area contributed by atoms with Crippen LogP contribution in [0.2, 0.25) is 5.15 Å². The van der Waals surface area contributed by atoms with Crippen molar-refractivity contribution in [1.29, 1.82) is 0 Å². The Morgan fingerprint density at radius 3 is 2.75 bits per heavy atom. The van der Waals surface area contributed by atoms with E-state index in [1.54, 1.807) is 10.7 Å². The van der Waals surface area contributed by atoms with Crippen molar-refractivity contribution in [3.8, 4) is 0 Å². The summed E-state index contributed by atoms with van der Waals surface area (Å²) in [5, 5.41) is 7.14. The van der Waals surface area contributed by atoms with Gasteiger partial charge in [0.1, 0.15) is 12.2 Å². The lowest BCUT2D eigenvalue weighted by molar-refractivity contribution is 0.992. The largest absolute Gasteiger partial charge is 0.269 e. The minimum Gasteiger partial charge on any atom is -0.269 e. The number of imidazole rings is 1. The van der Waals surface area contributed by atoms with Crippen molar-refractivity contribution < 1.29 is 0 Å². The summed E-state index contributed by atoms with van der Waals surface area (Å²) in [7, 11) is 0. The first-order valence-electron chi connectivity index (χ1n) is 3.82. The Balaban J connectivity index is 0.000000336. The van der Waals surface area contributed by atoms with Crippen molar-refractivity contribution >= 4 is 17.2 Å². The van der Waals surface area contributed by atoms with E-state index in [0.29, 0.717) is 5.15 Å². The third-order valence-electron chi connectivity index (χ3n) is 1.40. The van der Waals surface area contributed by atoms with Gasteiger partial charge < -0.3 is 0 Å². The molecule has 0 atom stereocenters. The lowest BCUT2D eigenvalue weighted by Gasteiger charge is -1.79. The number of aromatic amines is 1. The average Bonchev–Trinajstić information content (AvgIpc) is 2.62. The molecule has 2 aromatic rings. The summed E-state index contributed by atoms with van der Waals surface area (Å²) in [4.78, 5) is 3.87. The number of H-pyrrole nitrogens is 1. The van der Waals surface area contributed by atoms with Gasteiger partial charge in [0.05, 0.1) is 0 Å². The van der Waals surface area contributed by atoms with Crippen LogP contribution in [0.5, 0.6) is 0 Å². The van der Waals surface area contributed by atoms with Crippen LogP contribution in [-0.4, -0.2) is 19.6 Å². The van der Waals surface area contributed by atoms with E-state index in [4.69, 9.17) is 11.6 Å². The zero-order chi connectivity index (χ0) is 9.14. The highest BCUT2D eigenvalue weighted by molar-refractivity contribution is 6.32. The second-order valence-corrected chi connectivity index (χ2v) is 2.38. The van der Waals surface area contributed by atoms with Gasteiger partial charge in [-0.3, -0.25) is 9.50 Å². The molecule has 0 fully saturated rings. The van der Waals surface area contributed by atoms with E-state index in [1.165, 1.54) is 0 Å². The fourth-order valence-electron chi connectivity index (χ4n) is 0.860. The molecule has 0 aromatic carbocycles. The number of nitrogens with zero attached hydrogens (tertiary/aromatic N) is 3. The monoisotopic (exact) mass is 186 g/mol. The molecule has 5 heteroatoms. The molecule has 0 bridgehead atoms. The quantitative estimate of drug-likeness (QED) is 0.685. The summed E-state index contributed by atoms with van der Waals surface area (Å²) in [6.45, 7) is 5.88. The van der Waals surface area contributed by atoms with Crippen LogP contribution in [-0.2, 0) is 0 Å². The summed E-state index contributed by atoms with van der Waals surface area (Å²) in [5.41, 5.74) is 0.749.